The molecule has 142 valence electrons. The zero-order chi connectivity index (χ0) is 15.4. The maximum Gasteiger partial charge on any atom is 0.252 e. The molecule has 1 aliphatic carbocycles. The summed E-state index contributed by atoms with van der Waals surface area (Å²) in [5.41, 5.74) is -0.603. The predicted octanol–water partition coefficient (Wildman–Crippen LogP) is 2.12. The molecular formula is C17H33Cl2N3O2. The lowest BCUT2D eigenvalue weighted by Crippen LogP contribution is -2.57. The second-order valence-electron chi connectivity index (χ2n) is 7.17. The molecule has 0 bridgehead atoms. The Balaban J connectivity index is 0.00000144. The van der Waals surface area contributed by atoms with E-state index in [9.17, 15) is 4.79 Å². The molecule has 2 N–H and O–H groups in total. The van der Waals surface area contributed by atoms with E-state index in [4.69, 9.17) is 4.74 Å². The van der Waals surface area contributed by atoms with Crippen LogP contribution in [-0.4, -0.2) is 61.8 Å². The van der Waals surface area contributed by atoms with Crippen LogP contribution in [0.5, 0.6) is 0 Å². The molecule has 2 heterocycles. The highest BCUT2D eigenvalue weighted by Gasteiger charge is 2.40. The molecule has 2 saturated heterocycles. The van der Waals surface area contributed by atoms with E-state index in [0.717, 1.165) is 57.9 Å². The van der Waals surface area contributed by atoms with Crippen LogP contribution >= 0.6 is 24.8 Å². The molecule has 1 amide bonds. The Morgan fingerprint density at radius 3 is 2.21 bits per heavy atom. The van der Waals surface area contributed by atoms with Crippen molar-refractivity contribution in [3.05, 3.63) is 0 Å². The van der Waals surface area contributed by atoms with Crippen molar-refractivity contribution < 1.29 is 9.53 Å². The fraction of sp³-hybridized carbons (Fsp3) is 0.941. The lowest BCUT2D eigenvalue weighted by atomic mass is 9.90. The smallest absolute Gasteiger partial charge is 0.252 e. The van der Waals surface area contributed by atoms with Gasteiger partial charge >= 0.3 is 0 Å². The van der Waals surface area contributed by atoms with Gasteiger partial charge in [-0.1, -0.05) is 12.8 Å². The quantitative estimate of drug-likeness (QED) is 0.782. The van der Waals surface area contributed by atoms with E-state index >= 15 is 0 Å². The highest BCUT2D eigenvalue weighted by Crippen LogP contribution is 2.27. The maximum absolute atomic E-state index is 12.7. The van der Waals surface area contributed by atoms with Gasteiger partial charge in [-0.25, -0.2) is 0 Å². The Kier molecular flexibility index (Phi) is 9.31. The molecule has 24 heavy (non-hydrogen) atoms. The van der Waals surface area contributed by atoms with E-state index in [2.05, 4.69) is 15.5 Å². The second-order valence-corrected chi connectivity index (χ2v) is 7.17. The van der Waals surface area contributed by atoms with Crippen LogP contribution in [0.1, 0.15) is 51.4 Å². The monoisotopic (exact) mass is 381 g/mol. The SMILES string of the molecule is COC1(C(=O)NC2CCN(C3CCCC3)CC2)CCNCC1.Cl.Cl. The molecule has 1 saturated carbocycles. The van der Waals surface area contributed by atoms with Gasteiger partial charge < -0.3 is 20.3 Å². The van der Waals surface area contributed by atoms with Crippen LogP contribution in [0.2, 0.25) is 0 Å². The van der Waals surface area contributed by atoms with Crippen LogP contribution in [-0.2, 0) is 9.53 Å². The van der Waals surface area contributed by atoms with Crippen molar-refractivity contribution in [1.82, 2.24) is 15.5 Å². The van der Waals surface area contributed by atoms with Gasteiger partial charge in [0.25, 0.3) is 5.91 Å². The number of hydrogen-bond acceptors (Lipinski definition) is 4. The number of hydrogen-bond donors (Lipinski definition) is 2. The van der Waals surface area contributed by atoms with E-state index in [1.807, 2.05) is 0 Å². The highest BCUT2D eigenvalue weighted by molar-refractivity contribution is 5.86. The third-order valence-corrected chi connectivity index (χ3v) is 5.92. The normalized spacial score (nSPS) is 25.5. The van der Waals surface area contributed by atoms with Crippen molar-refractivity contribution >= 4 is 30.7 Å². The number of likely N-dealkylation sites (tertiary alicyclic amines) is 1. The average molecular weight is 382 g/mol. The van der Waals surface area contributed by atoms with E-state index in [1.54, 1.807) is 7.11 Å². The van der Waals surface area contributed by atoms with Crippen molar-refractivity contribution in [3.63, 3.8) is 0 Å². The average Bonchev–Trinajstić information content (AvgIpc) is 3.10. The van der Waals surface area contributed by atoms with Gasteiger partial charge in [-0.2, -0.15) is 0 Å². The van der Waals surface area contributed by atoms with Gasteiger partial charge in [0, 0.05) is 32.3 Å². The maximum atomic E-state index is 12.7. The summed E-state index contributed by atoms with van der Waals surface area (Å²) >= 11 is 0. The molecule has 0 aromatic heterocycles. The Morgan fingerprint density at radius 2 is 1.67 bits per heavy atom. The Hall–Kier alpha value is -0.0700. The summed E-state index contributed by atoms with van der Waals surface area (Å²) in [4.78, 5) is 15.3. The lowest BCUT2D eigenvalue weighted by molar-refractivity contribution is -0.147. The number of carbonyl (C=O) groups excluding carboxylic acids is 1. The number of nitrogens with one attached hydrogen (secondary N) is 2. The van der Waals surface area contributed by atoms with Gasteiger partial charge in [-0.15, -0.1) is 24.8 Å². The molecule has 0 radical (unpaired) electrons. The summed E-state index contributed by atoms with van der Waals surface area (Å²) in [7, 11) is 1.67. The van der Waals surface area contributed by atoms with Gasteiger partial charge in [0.15, 0.2) is 0 Å². The largest absolute Gasteiger partial charge is 0.368 e. The number of ether oxygens (including phenoxy) is 1. The summed E-state index contributed by atoms with van der Waals surface area (Å²) in [6, 6.07) is 1.14. The zero-order valence-corrected chi connectivity index (χ0v) is 16.4. The van der Waals surface area contributed by atoms with Gasteiger partial charge in [0.05, 0.1) is 0 Å². The molecule has 0 unspecified atom stereocenters. The van der Waals surface area contributed by atoms with Crippen LogP contribution in [0.4, 0.5) is 0 Å². The van der Waals surface area contributed by atoms with Crippen molar-refractivity contribution in [3.8, 4) is 0 Å². The fourth-order valence-corrected chi connectivity index (χ4v) is 4.35. The van der Waals surface area contributed by atoms with Crippen molar-refractivity contribution in [1.29, 1.82) is 0 Å². The summed E-state index contributed by atoms with van der Waals surface area (Å²) in [5.74, 6) is 0.107. The van der Waals surface area contributed by atoms with Crippen LogP contribution in [0.15, 0.2) is 0 Å². The van der Waals surface area contributed by atoms with Gasteiger partial charge in [-0.05, 0) is 51.6 Å². The van der Waals surface area contributed by atoms with Gasteiger partial charge in [-0.3, -0.25) is 4.79 Å². The minimum absolute atomic E-state index is 0. The Bertz CT molecular complexity index is 378. The third kappa shape index (κ3) is 4.98. The predicted molar refractivity (Wildman–Crippen MR) is 101 cm³/mol. The summed E-state index contributed by atoms with van der Waals surface area (Å²) < 4.78 is 5.62. The number of nitrogens with zero attached hydrogens (tertiary/aromatic N) is 1. The minimum Gasteiger partial charge on any atom is -0.368 e. The van der Waals surface area contributed by atoms with E-state index in [0.29, 0.717) is 6.04 Å². The number of carbonyl (C=O) groups is 1. The molecule has 7 heteroatoms. The van der Waals surface area contributed by atoms with E-state index < -0.39 is 5.60 Å². The molecular weight excluding hydrogens is 349 g/mol. The zero-order valence-electron chi connectivity index (χ0n) is 14.7. The van der Waals surface area contributed by atoms with Gasteiger partial charge in [0.2, 0.25) is 0 Å². The molecule has 3 aliphatic rings. The van der Waals surface area contributed by atoms with Crippen LogP contribution in [0, 0.1) is 0 Å². The first-order valence-electron chi connectivity index (χ1n) is 9.04. The third-order valence-electron chi connectivity index (χ3n) is 5.92. The Morgan fingerprint density at radius 1 is 1.08 bits per heavy atom. The van der Waals surface area contributed by atoms with Crippen LogP contribution < -0.4 is 10.6 Å². The lowest BCUT2D eigenvalue weighted by Gasteiger charge is -2.39. The van der Waals surface area contributed by atoms with Crippen molar-refractivity contribution in [2.75, 3.05) is 33.3 Å². The van der Waals surface area contributed by atoms with Crippen LogP contribution in [0.3, 0.4) is 0 Å². The van der Waals surface area contributed by atoms with Crippen LogP contribution in [0.25, 0.3) is 0 Å². The first-order chi connectivity index (χ1) is 10.7. The first kappa shape index (κ1) is 22.0. The highest BCUT2D eigenvalue weighted by atomic mass is 35.5. The molecule has 5 nitrogen and oxygen atoms in total. The molecule has 0 atom stereocenters. The molecule has 3 rings (SSSR count). The summed E-state index contributed by atoms with van der Waals surface area (Å²) in [6.07, 6.45) is 9.25. The first-order valence-corrected chi connectivity index (χ1v) is 9.04. The molecule has 0 aromatic rings. The van der Waals surface area contributed by atoms with Gasteiger partial charge in [0.1, 0.15) is 5.60 Å². The molecule has 3 fully saturated rings. The standard InChI is InChI=1S/C17H31N3O2.2ClH/c1-22-17(8-10-18-11-9-17)16(21)19-14-6-12-20(13-7-14)15-4-2-3-5-15;;/h14-15,18H,2-13H2,1H3,(H,19,21);2*1H. The van der Waals surface area contributed by atoms with E-state index in [-0.39, 0.29) is 30.7 Å². The minimum atomic E-state index is -0.603. The second kappa shape index (κ2) is 10.2. The fourth-order valence-electron chi connectivity index (χ4n) is 4.35. The van der Waals surface area contributed by atoms with Crippen molar-refractivity contribution in [2.24, 2.45) is 0 Å². The summed E-state index contributed by atoms with van der Waals surface area (Å²) in [5, 5.41) is 6.58. The molecule has 2 aliphatic heterocycles. The number of piperidine rings is 2. The number of methoxy groups -OCH3 is 1. The molecule has 0 spiro atoms. The molecule has 0 aromatic carbocycles. The topological polar surface area (TPSA) is 53.6 Å². The number of rotatable bonds is 4. The van der Waals surface area contributed by atoms with E-state index in [1.165, 1.54) is 25.7 Å². The summed E-state index contributed by atoms with van der Waals surface area (Å²) in [6.45, 7) is 4.00. The Labute approximate surface area is 158 Å². The number of halogens is 2. The number of amides is 1. The van der Waals surface area contributed by atoms with Crippen molar-refractivity contribution in [2.45, 2.75) is 69.1 Å².